The van der Waals surface area contributed by atoms with Crippen LogP contribution in [-0.2, 0) is 11.3 Å². The molecule has 0 unspecified atom stereocenters. The van der Waals surface area contributed by atoms with Gasteiger partial charge in [0.1, 0.15) is 19.8 Å². The van der Waals surface area contributed by atoms with E-state index < -0.39 is 0 Å². The number of carbonyl (C=O) groups excluding carboxylic acids is 1. The highest BCUT2D eigenvalue weighted by atomic mass is 32.2. The zero-order valence-electron chi connectivity index (χ0n) is 15.5. The van der Waals surface area contributed by atoms with E-state index in [9.17, 15) is 9.59 Å². The molecule has 2 aromatic carbocycles. The number of nitrogens with one attached hydrogen (secondary N) is 1. The average molecular weight is 397 g/mol. The van der Waals surface area contributed by atoms with Crippen molar-refractivity contribution in [2.75, 3.05) is 24.8 Å². The minimum atomic E-state index is -0.337. The first-order valence-corrected chi connectivity index (χ1v) is 10.0. The van der Waals surface area contributed by atoms with Crippen LogP contribution in [0.1, 0.15) is 5.69 Å². The van der Waals surface area contributed by atoms with E-state index in [1.54, 1.807) is 18.2 Å². The van der Waals surface area contributed by atoms with E-state index in [-0.39, 0.29) is 18.0 Å². The number of thioether (sulfide) groups is 1. The number of carbonyl (C=O) groups is 1. The standard InChI is InChI=1S/C20H19N3O4S/c1-12-13-5-3-4-6-14(13)20(25)23(22-12)11-19(24)21-15-9-16-17(10-18(15)28-2)27-8-7-26-16/h3-6,9-10H,7-8,11H2,1-2H3,(H,21,24). The molecule has 1 aromatic heterocycles. The van der Waals surface area contributed by atoms with E-state index >= 15 is 0 Å². The second-order valence-corrected chi connectivity index (χ2v) is 7.19. The number of fused-ring (bicyclic) bond motifs is 2. The summed E-state index contributed by atoms with van der Waals surface area (Å²) in [5.74, 6) is 0.920. The Morgan fingerprint density at radius 2 is 1.86 bits per heavy atom. The van der Waals surface area contributed by atoms with E-state index in [1.807, 2.05) is 31.4 Å². The number of benzene rings is 2. The minimum Gasteiger partial charge on any atom is -0.486 e. The highest BCUT2D eigenvalue weighted by Crippen LogP contribution is 2.39. The van der Waals surface area contributed by atoms with Gasteiger partial charge in [-0.15, -0.1) is 11.8 Å². The van der Waals surface area contributed by atoms with Crippen molar-refractivity contribution in [3.8, 4) is 11.5 Å². The molecule has 0 spiro atoms. The number of aryl methyl sites for hydroxylation is 1. The fraction of sp³-hybridized carbons (Fsp3) is 0.250. The molecule has 1 aliphatic heterocycles. The molecule has 4 rings (SSSR count). The Hall–Kier alpha value is -3.00. The summed E-state index contributed by atoms with van der Waals surface area (Å²) in [5.41, 5.74) is 1.03. The van der Waals surface area contributed by atoms with Crippen molar-refractivity contribution in [1.29, 1.82) is 0 Å². The summed E-state index contributed by atoms with van der Waals surface area (Å²) < 4.78 is 12.4. The first kappa shape index (κ1) is 18.4. The average Bonchev–Trinajstić information content (AvgIpc) is 2.71. The molecule has 144 valence electrons. The van der Waals surface area contributed by atoms with Gasteiger partial charge in [-0.1, -0.05) is 18.2 Å². The van der Waals surface area contributed by atoms with Crippen LogP contribution in [0.4, 0.5) is 5.69 Å². The number of anilines is 1. The van der Waals surface area contributed by atoms with Gasteiger partial charge in [0.15, 0.2) is 11.5 Å². The number of amides is 1. The van der Waals surface area contributed by atoms with Crippen LogP contribution in [0.3, 0.4) is 0 Å². The molecule has 2 heterocycles. The Kier molecular flexibility index (Phi) is 4.95. The van der Waals surface area contributed by atoms with E-state index in [0.717, 1.165) is 10.3 Å². The molecule has 0 saturated heterocycles. The molecule has 1 N–H and O–H groups in total. The number of ether oxygens (including phenoxy) is 2. The first-order chi connectivity index (χ1) is 13.6. The normalized spacial score (nSPS) is 12.8. The maximum Gasteiger partial charge on any atom is 0.275 e. The zero-order chi connectivity index (χ0) is 19.7. The van der Waals surface area contributed by atoms with Crippen molar-refractivity contribution < 1.29 is 14.3 Å². The fourth-order valence-electron chi connectivity index (χ4n) is 3.17. The van der Waals surface area contributed by atoms with Crippen LogP contribution < -0.4 is 20.3 Å². The maximum absolute atomic E-state index is 12.7. The van der Waals surface area contributed by atoms with Crippen LogP contribution in [0.2, 0.25) is 0 Å². The molecule has 0 saturated carbocycles. The van der Waals surface area contributed by atoms with Gasteiger partial charge in [0.25, 0.3) is 5.56 Å². The monoisotopic (exact) mass is 397 g/mol. The number of aromatic nitrogens is 2. The van der Waals surface area contributed by atoms with E-state index in [2.05, 4.69) is 10.4 Å². The summed E-state index contributed by atoms with van der Waals surface area (Å²) >= 11 is 1.49. The van der Waals surface area contributed by atoms with Gasteiger partial charge in [0.05, 0.1) is 16.8 Å². The van der Waals surface area contributed by atoms with Crippen LogP contribution in [0.25, 0.3) is 10.8 Å². The second kappa shape index (κ2) is 7.55. The molecule has 1 amide bonds. The number of hydrogen-bond acceptors (Lipinski definition) is 6. The molecular formula is C20H19N3O4S. The van der Waals surface area contributed by atoms with Gasteiger partial charge in [-0.25, -0.2) is 4.68 Å². The second-order valence-electron chi connectivity index (χ2n) is 6.34. The molecule has 0 bridgehead atoms. The molecule has 0 radical (unpaired) electrons. The Labute approximate surface area is 165 Å². The third-order valence-electron chi connectivity index (χ3n) is 4.48. The Morgan fingerprint density at radius 3 is 2.57 bits per heavy atom. The Bertz CT molecular complexity index is 1130. The molecule has 0 aliphatic carbocycles. The predicted molar refractivity (Wildman–Crippen MR) is 109 cm³/mol. The molecule has 3 aromatic rings. The lowest BCUT2D eigenvalue weighted by Gasteiger charge is -2.21. The number of nitrogens with zero attached hydrogens (tertiary/aromatic N) is 2. The Morgan fingerprint density at radius 1 is 1.18 bits per heavy atom. The lowest BCUT2D eigenvalue weighted by atomic mass is 10.1. The number of hydrogen-bond donors (Lipinski definition) is 1. The summed E-state index contributed by atoms with van der Waals surface area (Å²) in [7, 11) is 0. The van der Waals surface area contributed by atoms with Crippen LogP contribution in [0, 0.1) is 6.92 Å². The van der Waals surface area contributed by atoms with E-state index in [1.165, 1.54) is 16.4 Å². The fourth-order valence-corrected chi connectivity index (χ4v) is 3.73. The molecular weight excluding hydrogens is 378 g/mol. The molecule has 1 aliphatic rings. The summed E-state index contributed by atoms with van der Waals surface area (Å²) in [4.78, 5) is 26.1. The van der Waals surface area contributed by atoms with Crippen molar-refractivity contribution in [3.05, 3.63) is 52.4 Å². The molecule has 0 fully saturated rings. The topological polar surface area (TPSA) is 82.5 Å². The van der Waals surface area contributed by atoms with Crippen molar-refractivity contribution in [3.63, 3.8) is 0 Å². The van der Waals surface area contributed by atoms with Crippen LogP contribution in [0.5, 0.6) is 11.5 Å². The van der Waals surface area contributed by atoms with Gasteiger partial charge in [-0.2, -0.15) is 5.10 Å². The molecule has 8 heteroatoms. The summed E-state index contributed by atoms with van der Waals surface area (Å²) in [6.45, 7) is 2.62. The smallest absolute Gasteiger partial charge is 0.275 e. The van der Waals surface area contributed by atoms with E-state index in [0.29, 0.717) is 41.5 Å². The zero-order valence-corrected chi connectivity index (χ0v) is 16.3. The van der Waals surface area contributed by atoms with Gasteiger partial charge < -0.3 is 14.8 Å². The quantitative estimate of drug-likeness (QED) is 0.682. The largest absolute Gasteiger partial charge is 0.486 e. The lowest BCUT2D eigenvalue weighted by Crippen LogP contribution is -2.30. The predicted octanol–water partition coefficient (Wildman–Crippen LogP) is 2.84. The van der Waals surface area contributed by atoms with Crippen LogP contribution >= 0.6 is 11.8 Å². The van der Waals surface area contributed by atoms with Crippen LogP contribution in [-0.4, -0.2) is 35.2 Å². The Balaban J connectivity index is 1.61. The van der Waals surface area contributed by atoms with Crippen molar-refractivity contribution in [1.82, 2.24) is 9.78 Å². The maximum atomic E-state index is 12.7. The SMILES string of the molecule is CSc1cc2c(cc1NC(=O)Cn1nc(C)c3ccccc3c1=O)OCCO2. The summed E-state index contributed by atoms with van der Waals surface area (Å²) in [6.07, 6.45) is 1.92. The first-order valence-electron chi connectivity index (χ1n) is 8.81. The summed E-state index contributed by atoms with van der Waals surface area (Å²) in [5, 5.41) is 8.49. The van der Waals surface area contributed by atoms with Gasteiger partial charge in [0, 0.05) is 16.3 Å². The van der Waals surface area contributed by atoms with Crippen molar-refractivity contribution in [2.45, 2.75) is 18.4 Å². The molecule has 28 heavy (non-hydrogen) atoms. The highest BCUT2D eigenvalue weighted by Gasteiger charge is 2.18. The molecule has 0 atom stereocenters. The lowest BCUT2D eigenvalue weighted by molar-refractivity contribution is -0.117. The molecule has 7 nitrogen and oxygen atoms in total. The minimum absolute atomic E-state index is 0.174. The van der Waals surface area contributed by atoms with Crippen molar-refractivity contribution >= 4 is 34.1 Å². The summed E-state index contributed by atoms with van der Waals surface area (Å²) in [6, 6.07) is 10.9. The van der Waals surface area contributed by atoms with Gasteiger partial charge in [-0.3, -0.25) is 9.59 Å². The third-order valence-corrected chi connectivity index (χ3v) is 5.26. The van der Waals surface area contributed by atoms with Gasteiger partial charge >= 0.3 is 0 Å². The number of rotatable bonds is 4. The van der Waals surface area contributed by atoms with Crippen LogP contribution in [0.15, 0.2) is 46.1 Å². The van der Waals surface area contributed by atoms with Crippen molar-refractivity contribution in [2.24, 2.45) is 0 Å². The van der Waals surface area contributed by atoms with Gasteiger partial charge in [-0.05, 0) is 25.3 Å². The van der Waals surface area contributed by atoms with Gasteiger partial charge in [0.2, 0.25) is 5.91 Å². The third kappa shape index (κ3) is 3.43. The highest BCUT2D eigenvalue weighted by molar-refractivity contribution is 7.98. The van der Waals surface area contributed by atoms with E-state index in [4.69, 9.17) is 9.47 Å².